The van der Waals surface area contributed by atoms with Gasteiger partial charge >= 0.3 is 0 Å². The van der Waals surface area contributed by atoms with Crippen molar-refractivity contribution < 1.29 is 9.47 Å². The molecule has 0 bridgehead atoms. The Bertz CT molecular complexity index is 1040. The van der Waals surface area contributed by atoms with Crippen LogP contribution >= 0.6 is 12.2 Å². The maximum absolute atomic E-state index is 5.68. The Balaban J connectivity index is 1.64. The fourth-order valence-corrected chi connectivity index (χ4v) is 4.22. The summed E-state index contributed by atoms with van der Waals surface area (Å²) in [6.07, 6.45) is 2.19. The van der Waals surface area contributed by atoms with Crippen molar-refractivity contribution in [2.24, 2.45) is 7.05 Å². The summed E-state index contributed by atoms with van der Waals surface area (Å²) >= 11 is 5.68. The van der Waals surface area contributed by atoms with Crippen LogP contribution in [0.15, 0.2) is 48.5 Å². The van der Waals surface area contributed by atoms with E-state index in [0.29, 0.717) is 11.4 Å². The number of rotatable bonds is 6. The summed E-state index contributed by atoms with van der Waals surface area (Å²) in [6, 6.07) is 16.4. The van der Waals surface area contributed by atoms with Gasteiger partial charge in [-0.05, 0) is 43.3 Å². The van der Waals surface area contributed by atoms with E-state index in [-0.39, 0.29) is 6.04 Å². The number of hydrogen-bond donors (Lipinski definition) is 0. The molecule has 7 heteroatoms. The second-order valence-corrected chi connectivity index (χ2v) is 7.62. The van der Waals surface area contributed by atoms with E-state index < -0.39 is 0 Å². The summed E-state index contributed by atoms with van der Waals surface area (Å²) < 4.78 is 15.7. The third-order valence-electron chi connectivity index (χ3n) is 5.55. The monoisotopic (exact) mass is 410 g/mol. The summed E-state index contributed by atoms with van der Waals surface area (Å²) in [6.45, 7) is 1.63. The van der Waals surface area contributed by atoms with Gasteiger partial charge in [0.15, 0.2) is 10.6 Å². The van der Waals surface area contributed by atoms with Crippen LogP contribution in [0.4, 0.5) is 0 Å². The van der Waals surface area contributed by atoms with Crippen LogP contribution in [0.5, 0.6) is 11.5 Å². The SMILES string of the molecule is COc1ccc(OC)c([C@@H]2CCCN2Cn2nc(-c3ccccc3)n(C)c2=S)c1. The van der Waals surface area contributed by atoms with Gasteiger partial charge in [-0.15, -0.1) is 0 Å². The molecule has 2 aromatic carbocycles. The van der Waals surface area contributed by atoms with Gasteiger partial charge in [-0.2, -0.15) is 5.10 Å². The highest BCUT2D eigenvalue weighted by Gasteiger charge is 2.29. The van der Waals surface area contributed by atoms with Crippen molar-refractivity contribution in [3.05, 3.63) is 58.9 Å². The third-order valence-corrected chi connectivity index (χ3v) is 6.03. The maximum Gasteiger partial charge on any atom is 0.199 e. The molecule has 3 aromatic rings. The van der Waals surface area contributed by atoms with Crippen molar-refractivity contribution in [1.82, 2.24) is 19.2 Å². The van der Waals surface area contributed by atoms with Crippen LogP contribution in [0.3, 0.4) is 0 Å². The highest BCUT2D eigenvalue weighted by atomic mass is 32.1. The molecule has 0 spiro atoms. The van der Waals surface area contributed by atoms with Gasteiger partial charge in [0.2, 0.25) is 0 Å². The first kappa shape index (κ1) is 19.7. The Morgan fingerprint density at radius 2 is 1.90 bits per heavy atom. The van der Waals surface area contributed by atoms with E-state index in [1.807, 2.05) is 46.6 Å². The molecular weight excluding hydrogens is 384 g/mol. The first-order valence-electron chi connectivity index (χ1n) is 9.77. The maximum atomic E-state index is 5.68. The Morgan fingerprint density at radius 3 is 2.62 bits per heavy atom. The molecule has 0 aliphatic carbocycles. The second kappa shape index (κ2) is 8.39. The second-order valence-electron chi connectivity index (χ2n) is 7.25. The lowest BCUT2D eigenvalue weighted by molar-refractivity contribution is 0.186. The molecule has 29 heavy (non-hydrogen) atoms. The number of methoxy groups -OCH3 is 2. The zero-order valence-corrected chi connectivity index (χ0v) is 17.9. The fraction of sp³-hybridized carbons (Fsp3) is 0.364. The van der Waals surface area contributed by atoms with Gasteiger partial charge in [-0.1, -0.05) is 30.3 Å². The van der Waals surface area contributed by atoms with Crippen LogP contribution < -0.4 is 9.47 Å². The number of ether oxygens (including phenoxy) is 2. The Labute approximate surface area is 176 Å². The predicted octanol–water partition coefficient (Wildman–Crippen LogP) is 4.43. The topological polar surface area (TPSA) is 44.5 Å². The first-order chi connectivity index (χ1) is 14.1. The van der Waals surface area contributed by atoms with Crippen LogP contribution in [0, 0.1) is 4.77 Å². The number of nitrogens with zero attached hydrogens (tertiary/aromatic N) is 4. The summed E-state index contributed by atoms with van der Waals surface area (Å²) in [5.74, 6) is 2.61. The van der Waals surface area contributed by atoms with Gasteiger partial charge in [0.1, 0.15) is 11.5 Å². The highest BCUT2D eigenvalue weighted by Crippen LogP contribution is 2.39. The molecule has 1 aliphatic heterocycles. The number of likely N-dealkylation sites (tertiary alicyclic amines) is 1. The molecule has 0 radical (unpaired) electrons. The average molecular weight is 411 g/mol. The van der Waals surface area contributed by atoms with Crippen LogP contribution in [-0.4, -0.2) is 40.0 Å². The van der Waals surface area contributed by atoms with E-state index in [2.05, 4.69) is 23.1 Å². The van der Waals surface area contributed by atoms with E-state index in [0.717, 1.165) is 47.8 Å². The van der Waals surface area contributed by atoms with Crippen molar-refractivity contribution >= 4 is 12.2 Å². The van der Waals surface area contributed by atoms with Gasteiger partial charge in [0.25, 0.3) is 0 Å². The standard InChI is InChI=1S/C22H26N4O2S/c1-24-21(16-8-5-4-6-9-16)23-26(22(24)29)15-25-13-7-10-19(25)18-14-17(27-2)11-12-20(18)28-3/h4-6,8-9,11-12,14,19H,7,10,13,15H2,1-3H3/t19-/m0/s1. The largest absolute Gasteiger partial charge is 0.497 e. The molecule has 0 N–H and O–H groups in total. The predicted molar refractivity (Wildman–Crippen MR) is 116 cm³/mol. The van der Waals surface area contributed by atoms with Crippen molar-refractivity contribution in [2.75, 3.05) is 20.8 Å². The zero-order valence-electron chi connectivity index (χ0n) is 17.0. The third kappa shape index (κ3) is 3.80. The van der Waals surface area contributed by atoms with Gasteiger partial charge in [-0.3, -0.25) is 4.90 Å². The Morgan fingerprint density at radius 1 is 1.10 bits per heavy atom. The molecule has 6 nitrogen and oxygen atoms in total. The number of hydrogen-bond acceptors (Lipinski definition) is 5. The summed E-state index contributed by atoms with van der Waals surface area (Å²) in [7, 11) is 5.38. The van der Waals surface area contributed by atoms with E-state index in [4.69, 9.17) is 26.8 Å². The van der Waals surface area contributed by atoms with Crippen molar-refractivity contribution in [3.8, 4) is 22.9 Å². The summed E-state index contributed by atoms with van der Waals surface area (Å²) in [5.41, 5.74) is 2.21. The lowest BCUT2D eigenvalue weighted by Gasteiger charge is -2.26. The normalized spacial score (nSPS) is 16.9. The molecule has 152 valence electrons. The summed E-state index contributed by atoms with van der Waals surface area (Å²) in [4.78, 5) is 2.41. The molecule has 2 heterocycles. The van der Waals surface area contributed by atoms with Crippen molar-refractivity contribution in [3.63, 3.8) is 0 Å². The highest BCUT2D eigenvalue weighted by molar-refractivity contribution is 7.71. The van der Waals surface area contributed by atoms with E-state index >= 15 is 0 Å². The van der Waals surface area contributed by atoms with Gasteiger partial charge in [0.05, 0.1) is 20.9 Å². The van der Waals surface area contributed by atoms with Gasteiger partial charge in [0, 0.05) is 30.8 Å². The molecule has 0 unspecified atom stereocenters. The summed E-state index contributed by atoms with van der Waals surface area (Å²) in [5, 5.41) is 4.83. The molecular formula is C22H26N4O2S. The first-order valence-corrected chi connectivity index (χ1v) is 10.2. The molecule has 1 aromatic heterocycles. The molecule has 0 saturated carbocycles. The number of aromatic nitrogens is 3. The Kier molecular flexibility index (Phi) is 5.69. The molecule has 0 amide bonds. The smallest absolute Gasteiger partial charge is 0.199 e. The lowest BCUT2D eigenvalue weighted by atomic mass is 10.0. The van der Waals surface area contributed by atoms with Crippen LogP contribution in [0.1, 0.15) is 24.4 Å². The van der Waals surface area contributed by atoms with E-state index in [9.17, 15) is 0 Å². The molecule has 1 saturated heterocycles. The zero-order chi connectivity index (χ0) is 20.4. The average Bonchev–Trinajstić information content (AvgIpc) is 3.34. The van der Waals surface area contributed by atoms with Crippen LogP contribution in [-0.2, 0) is 13.7 Å². The lowest BCUT2D eigenvalue weighted by Crippen LogP contribution is -2.27. The van der Waals surface area contributed by atoms with E-state index in [1.54, 1.807) is 14.2 Å². The molecule has 1 atom stereocenters. The fourth-order valence-electron chi connectivity index (χ4n) is 4.04. The molecule has 1 fully saturated rings. The Hall–Kier alpha value is -2.64. The quantitative estimate of drug-likeness (QED) is 0.563. The van der Waals surface area contributed by atoms with Crippen molar-refractivity contribution in [1.29, 1.82) is 0 Å². The minimum Gasteiger partial charge on any atom is -0.497 e. The molecule has 1 aliphatic rings. The van der Waals surface area contributed by atoms with Crippen LogP contribution in [0.2, 0.25) is 0 Å². The minimum atomic E-state index is 0.240. The van der Waals surface area contributed by atoms with Gasteiger partial charge in [-0.25, -0.2) is 4.68 Å². The van der Waals surface area contributed by atoms with Gasteiger partial charge < -0.3 is 14.0 Å². The minimum absolute atomic E-state index is 0.240. The van der Waals surface area contributed by atoms with Crippen LogP contribution in [0.25, 0.3) is 11.4 Å². The number of benzene rings is 2. The molecule has 4 rings (SSSR count). The van der Waals surface area contributed by atoms with E-state index in [1.165, 1.54) is 0 Å². The van der Waals surface area contributed by atoms with Crippen molar-refractivity contribution in [2.45, 2.75) is 25.6 Å².